The molecule has 0 bridgehead atoms. The number of carbonyl (C=O) groups is 1. The number of likely N-dealkylation sites (N-methyl/N-ethyl adjacent to an activating group) is 1. The predicted molar refractivity (Wildman–Crippen MR) is 92.2 cm³/mol. The van der Waals surface area contributed by atoms with Crippen molar-refractivity contribution in [3.05, 3.63) is 35.7 Å². The first kappa shape index (κ1) is 16.3. The maximum absolute atomic E-state index is 13.1. The van der Waals surface area contributed by atoms with Crippen molar-refractivity contribution in [2.45, 2.75) is 44.7 Å². The molecule has 7 heteroatoms. The Labute approximate surface area is 147 Å². The van der Waals surface area contributed by atoms with Gasteiger partial charge in [0.05, 0.1) is 0 Å². The van der Waals surface area contributed by atoms with Crippen molar-refractivity contribution in [2.24, 2.45) is 0 Å². The molecule has 1 atom stereocenters. The number of rotatable bonds is 3. The second-order valence-corrected chi connectivity index (χ2v) is 7.17. The summed E-state index contributed by atoms with van der Waals surface area (Å²) in [5.74, 6) is 1.32. The molecule has 0 radical (unpaired) electrons. The average molecular weight is 343 g/mol. The summed E-state index contributed by atoms with van der Waals surface area (Å²) in [6.07, 6.45) is 6.90. The number of carbonyl (C=O) groups excluding carboxylic acids is 1. The highest BCUT2D eigenvalue weighted by Gasteiger charge is 2.33. The standard InChI is InChI=1S/C18H25N5O2/c1-13-19-17(25-20-13)16-12-22(11-10-21(16)2)18(24)15-8-5-9-23(15)14-6-3-4-7-14/h5,8-9,14,16H,3-4,6-7,10-12H2,1-2H3/t16-/m1/s1. The van der Waals surface area contributed by atoms with Crippen LogP contribution in [0.15, 0.2) is 22.9 Å². The van der Waals surface area contributed by atoms with Crippen LogP contribution in [0.4, 0.5) is 0 Å². The molecule has 1 saturated carbocycles. The summed E-state index contributed by atoms with van der Waals surface area (Å²) in [6.45, 7) is 3.90. The van der Waals surface area contributed by atoms with Gasteiger partial charge >= 0.3 is 0 Å². The lowest BCUT2D eigenvalue weighted by Crippen LogP contribution is -2.49. The minimum absolute atomic E-state index is 0.0474. The molecule has 2 aromatic heterocycles. The number of nitrogens with zero attached hydrogens (tertiary/aromatic N) is 5. The average Bonchev–Trinajstić information content (AvgIpc) is 3.35. The van der Waals surface area contributed by atoms with Crippen LogP contribution in [0.5, 0.6) is 0 Å². The molecule has 1 saturated heterocycles. The van der Waals surface area contributed by atoms with Gasteiger partial charge in [-0.25, -0.2) is 0 Å². The fourth-order valence-electron chi connectivity index (χ4n) is 4.01. The second kappa shape index (κ2) is 6.63. The lowest BCUT2D eigenvalue weighted by Gasteiger charge is -2.37. The number of hydrogen-bond donors (Lipinski definition) is 0. The van der Waals surface area contributed by atoms with Gasteiger partial charge in [-0.15, -0.1) is 0 Å². The smallest absolute Gasteiger partial charge is 0.270 e. The van der Waals surface area contributed by atoms with Crippen molar-refractivity contribution in [3.63, 3.8) is 0 Å². The zero-order valence-corrected chi connectivity index (χ0v) is 14.9. The van der Waals surface area contributed by atoms with Crippen LogP contribution in [0.2, 0.25) is 0 Å². The van der Waals surface area contributed by atoms with Gasteiger partial charge in [0.1, 0.15) is 11.7 Å². The molecule has 1 amide bonds. The van der Waals surface area contributed by atoms with E-state index >= 15 is 0 Å². The monoisotopic (exact) mass is 343 g/mol. The van der Waals surface area contributed by atoms with Crippen molar-refractivity contribution in [1.82, 2.24) is 24.5 Å². The van der Waals surface area contributed by atoms with E-state index in [0.29, 0.717) is 24.3 Å². The molecule has 1 aliphatic carbocycles. The highest BCUT2D eigenvalue weighted by atomic mass is 16.5. The molecule has 3 heterocycles. The second-order valence-electron chi connectivity index (χ2n) is 7.17. The van der Waals surface area contributed by atoms with Gasteiger partial charge in [-0.3, -0.25) is 9.69 Å². The Morgan fingerprint density at radius 1 is 1.28 bits per heavy atom. The topological polar surface area (TPSA) is 67.4 Å². The Hall–Kier alpha value is -2.15. The van der Waals surface area contributed by atoms with Crippen molar-refractivity contribution < 1.29 is 9.32 Å². The third kappa shape index (κ3) is 3.08. The lowest BCUT2D eigenvalue weighted by molar-refractivity contribution is 0.0478. The molecule has 7 nitrogen and oxygen atoms in total. The van der Waals surface area contributed by atoms with E-state index in [1.54, 1.807) is 0 Å². The van der Waals surface area contributed by atoms with E-state index in [2.05, 4.69) is 25.8 Å². The third-order valence-electron chi connectivity index (χ3n) is 5.48. The number of aryl methyl sites for hydroxylation is 1. The van der Waals surface area contributed by atoms with Crippen LogP contribution < -0.4 is 0 Å². The summed E-state index contributed by atoms with van der Waals surface area (Å²) in [5.41, 5.74) is 0.803. The molecule has 25 heavy (non-hydrogen) atoms. The maximum Gasteiger partial charge on any atom is 0.270 e. The third-order valence-corrected chi connectivity index (χ3v) is 5.48. The first-order chi connectivity index (χ1) is 12.1. The van der Waals surface area contributed by atoms with Crippen molar-refractivity contribution >= 4 is 5.91 Å². The predicted octanol–water partition coefficient (Wildman–Crippen LogP) is 2.42. The van der Waals surface area contributed by atoms with Gasteiger partial charge in [0.25, 0.3) is 5.91 Å². The van der Waals surface area contributed by atoms with Gasteiger partial charge in [0, 0.05) is 31.9 Å². The first-order valence-electron chi connectivity index (χ1n) is 9.10. The van der Waals surface area contributed by atoms with E-state index in [9.17, 15) is 4.79 Å². The number of amides is 1. The zero-order chi connectivity index (χ0) is 17.4. The fraction of sp³-hybridized carbons (Fsp3) is 0.611. The Kier molecular flexibility index (Phi) is 4.33. The molecule has 2 aliphatic rings. The summed E-state index contributed by atoms with van der Waals surface area (Å²) >= 11 is 0. The van der Waals surface area contributed by atoms with Crippen molar-refractivity contribution in [3.8, 4) is 0 Å². The highest BCUT2D eigenvalue weighted by Crippen LogP contribution is 2.31. The Bertz CT molecular complexity index is 746. The Morgan fingerprint density at radius 3 is 2.80 bits per heavy atom. The van der Waals surface area contributed by atoms with E-state index in [0.717, 1.165) is 18.8 Å². The van der Waals surface area contributed by atoms with Crippen LogP contribution in [0.25, 0.3) is 0 Å². The molecule has 134 valence electrons. The summed E-state index contributed by atoms with van der Waals surface area (Å²) in [4.78, 5) is 21.6. The Morgan fingerprint density at radius 2 is 2.08 bits per heavy atom. The zero-order valence-electron chi connectivity index (χ0n) is 14.9. The molecule has 0 unspecified atom stereocenters. The normalized spacial score (nSPS) is 22.6. The van der Waals surface area contributed by atoms with Crippen LogP contribution in [0.1, 0.15) is 60.0 Å². The van der Waals surface area contributed by atoms with Crippen LogP contribution >= 0.6 is 0 Å². The number of aromatic nitrogens is 3. The van der Waals surface area contributed by atoms with E-state index in [-0.39, 0.29) is 11.9 Å². The molecule has 2 aromatic rings. The Balaban J connectivity index is 1.53. The van der Waals surface area contributed by atoms with Crippen molar-refractivity contribution in [1.29, 1.82) is 0 Å². The molecule has 0 aromatic carbocycles. The summed E-state index contributed by atoms with van der Waals surface area (Å²) in [7, 11) is 2.03. The van der Waals surface area contributed by atoms with Crippen LogP contribution in [-0.2, 0) is 0 Å². The lowest BCUT2D eigenvalue weighted by atomic mass is 10.1. The molecule has 4 rings (SSSR count). The molecular formula is C18H25N5O2. The molecule has 1 aliphatic heterocycles. The largest absolute Gasteiger partial charge is 0.340 e. The van der Waals surface area contributed by atoms with Gasteiger partial charge in [-0.1, -0.05) is 18.0 Å². The quantitative estimate of drug-likeness (QED) is 0.856. The summed E-state index contributed by atoms with van der Waals surface area (Å²) in [6, 6.07) is 4.36. The van der Waals surface area contributed by atoms with Crippen molar-refractivity contribution in [2.75, 3.05) is 26.7 Å². The summed E-state index contributed by atoms with van der Waals surface area (Å²) in [5, 5.41) is 3.89. The van der Waals surface area contributed by atoms with Gasteiger partial charge < -0.3 is 14.0 Å². The van der Waals surface area contributed by atoms with Crippen LogP contribution in [-0.4, -0.2) is 57.1 Å². The highest BCUT2D eigenvalue weighted by molar-refractivity contribution is 5.93. The molecular weight excluding hydrogens is 318 g/mol. The molecule has 0 spiro atoms. The van der Waals surface area contributed by atoms with Gasteiger partial charge in [0.2, 0.25) is 5.89 Å². The van der Waals surface area contributed by atoms with Gasteiger partial charge in [-0.2, -0.15) is 4.98 Å². The molecule has 0 N–H and O–H groups in total. The number of hydrogen-bond acceptors (Lipinski definition) is 5. The van der Waals surface area contributed by atoms with Gasteiger partial charge in [-0.05, 0) is 38.9 Å². The SMILES string of the molecule is Cc1noc([C@H]2CN(C(=O)c3cccn3C3CCCC3)CCN2C)n1. The molecule has 2 fully saturated rings. The fourth-order valence-corrected chi connectivity index (χ4v) is 4.01. The minimum Gasteiger partial charge on any atom is -0.340 e. The van der Waals surface area contributed by atoms with E-state index in [1.165, 1.54) is 25.7 Å². The maximum atomic E-state index is 13.1. The van der Waals surface area contributed by atoms with Gasteiger partial charge in [0.15, 0.2) is 5.82 Å². The first-order valence-corrected chi connectivity index (χ1v) is 9.10. The van der Waals surface area contributed by atoms with Crippen LogP contribution in [0, 0.1) is 6.92 Å². The summed E-state index contributed by atoms with van der Waals surface area (Å²) < 4.78 is 7.53. The van der Waals surface area contributed by atoms with E-state index in [1.807, 2.05) is 31.0 Å². The van der Waals surface area contributed by atoms with E-state index in [4.69, 9.17) is 4.52 Å². The number of piperazine rings is 1. The van der Waals surface area contributed by atoms with E-state index < -0.39 is 0 Å². The minimum atomic E-state index is -0.0474. The van der Waals surface area contributed by atoms with Crippen LogP contribution in [0.3, 0.4) is 0 Å².